The van der Waals surface area contributed by atoms with E-state index in [1.165, 1.54) is 41.2 Å². The smallest absolute Gasteiger partial charge is 0.261 e. The van der Waals surface area contributed by atoms with Crippen molar-refractivity contribution in [1.29, 1.82) is 0 Å². The van der Waals surface area contributed by atoms with Crippen molar-refractivity contribution in [3.63, 3.8) is 0 Å². The minimum atomic E-state index is -2.58. The normalized spacial score (nSPS) is 17.5. The van der Waals surface area contributed by atoms with E-state index in [1.54, 1.807) is 6.07 Å². The number of piperazine rings is 1. The van der Waals surface area contributed by atoms with E-state index in [9.17, 15) is 13.6 Å². The molecular formula is C22H25F2N5OS. The maximum absolute atomic E-state index is 12.6. The van der Waals surface area contributed by atoms with Gasteiger partial charge < -0.3 is 4.90 Å². The van der Waals surface area contributed by atoms with Crippen LogP contribution < -0.4 is 10.5 Å². The Labute approximate surface area is 183 Å². The summed E-state index contributed by atoms with van der Waals surface area (Å²) in [6.45, 7) is 3.96. The third kappa shape index (κ3) is 4.34. The summed E-state index contributed by atoms with van der Waals surface area (Å²) in [5.41, 5.74) is 2.45. The summed E-state index contributed by atoms with van der Waals surface area (Å²) in [4.78, 5) is 27.7. The number of hydrogen-bond acceptors (Lipinski definition) is 6. The molecule has 3 aromatic rings. The summed E-state index contributed by atoms with van der Waals surface area (Å²) >= 11 is 1.88. The van der Waals surface area contributed by atoms with Crippen molar-refractivity contribution in [3.05, 3.63) is 50.5 Å². The van der Waals surface area contributed by atoms with Crippen LogP contribution in [0.4, 0.5) is 14.5 Å². The van der Waals surface area contributed by atoms with Gasteiger partial charge in [-0.3, -0.25) is 14.3 Å². The molecule has 9 heteroatoms. The highest BCUT2D eigenvalue weighted by molar-refractivity contribution is 7.11. The van der Waals surface area contributed by atoms with Crippen LogP contribution in [0.5, 0.6) is 0 Å². The molecule has 1 saturated heterocycles. The van der Waals surface area contributed by atoms with Crippen LogP contribution >= 0.6 is 11.3 Å². The van der Waals surface area contributed by atoms with E-state index in [2.05, 4.69) is 14.8 Å². The highest BCUT2D eigenvalue weighted by Crippen LogP contribution is 2.28. The van der Waals surface area contributed by atoms with Crippen molar-refractivity contribution in [2.24, 2.45) is 0 Å². The van der Waals surface area contributed by atoms with Crippen molar-refractivity contribution >= 4 is 27.9 Å². The second-order valence-corrected chi connectivity index (χ2v) is 9.41. The van der Waals surface area contributed by atoms with Gasteiger partial charge in [-0.2, -0.15) is 0 Å². The van der Waals surface area contributed by atoms with E-state index in [1.807, 2.05) is 23.5 Å². The number of anilines is 1. The Kier molecular flexibility index (Phi) is 5.71. The molecule has 3 heterocycles. The van der Waals surface area contributed by atoms with Crippen LogP contribution in [0, 0.1) is 0 Å². The van der Waals surface area contributed by atoms with E-state index in [-0.39, 0.29) is 0 Å². The van der Waals surface area contributed by atoms with Crippen LogP contribution in [0.25, 0.3) is 10.9 Å². The molecule has 1 aliphatic heterocycles. The van der Waals surface area contributed by atoms with Gasteiger partial charge in [0, 0.05) is 36.7 Å². The zero-order chi connectivity index (χ0) is 21.4. The summed E-state index contributed by atoms with van der Waals surface area (Å²) in [5.74, 6) is 0. The Balaban J connectivity index is 1.24. The molecule has 0 bridgehead atoms. The summed E-state index contributed by atoms with van der Waals surface area (Å²) in [6.07, 6.45) is 3.49. The predicted octanol–water partition coefficient (Wildman–Crippen LogP) is 3.32. The lowest BCUT2D eigenvalue weighted by Gasteiger charge is -2.35. The number of hydrogen-bond donors (Lipinski definition) is 0. The maximum atomic E-state index is 12.6. The molecule has 0 N–H and O–H groups in total. The lowest BCUT2D eigenvalue weighted by Crippen LogP contribution is -2.46. The topological polar surface area (TPSA) is 54.3 Å². The van der Waals surface area contributed by atoms with Gasteiger partial charge >= 0.3 is 0 Å². The van der Waals surface area contributed by atoms with Crippen LogP contribution in [0.2, 0.25) is 0 Å². The monoisotopic (exact) mass is 445 g/mol. The Morgan fingerprint density at radius 1 is 1.10 bits per heavy atom. The Bertz CT molecular complexity index is 1110. The molecule has 2 aliphatic rings. The fourth-order valence-corrected chi connectivity index (χ4v) is 5.65. The lowest BCUT2D eigenvalue weighted by atomic mass is 10.0. The number of thiazole rings is 1. The second-order valence-electron chi connectivity index (χ2n) is 8.24. The first-order valence-corrected chi connectivity index (χ1v) is 11.6. The average molecular weight is 446 g/mol. The van der Waals surface area contributed by atoms with Gasteiger partial charge in [0.05, 0.1) is 36.0 Å². The van der Waals surface area contributed by atoms with Gasteiger partial charge in [0.1, 0.15) is 5.01 Å². The minimum absolute atomic E-state index is 0.373. The zero-order valence-corrected chi connectivity index (χ0v) is 18.1. The van der Waals surface area contributed by atoms with E-state index >= 15 is 0 Å². The van der Waals surface area contributed by atoms with Crippen molar-refractivity contribution in [2.45, 2.75) is 45.2 Å². The molecule has 0 radical (unpaired) electrons. The molecule has 1 aliphatic carbocycles. The van der Waals surface area contributed by atoms with Crippen molar-refractivity contribution < 1.29 is 8.78 Å². The first-order chi connectivity index (χ1) is 15.1. The Hall–Kier alpha value is -2.39. The van der Waals surface area contributed by atoms with Gasteiger partial charge in [-0.25, -0.2) is 18.7 Å². The highest BCUT2D eigenvalue weighted by atomic mass is 32.1. The predicted molar refractivity (Wildman–Crippen MR) is 118 cm³/mol. The van der Waals surface area contributed by atoms with Crippen LogP contribution in [-0.4, -0.2) is 52.0 Å². The summed E-state index contributed by atoms with van der Waals surface area (Å²) < 4.78 is 26.2. The van der Waals surface area contributed by atoms with Gasteiger partial charge in [0.2, 0.25) is 0 Å². The first-order valence-electron chi connectivity index (χ1n) is 10.8. The van der Waals surface area contributed by atoms with E-state index in [0.29, 0.717) is 10.9 Å². The maximum Gasteiger partial charge on any atom is 0.261 e. The number of rotatable bonds is 5. The molecule has 5 rings (SSSR count). The summed E-state index contributed by atoms with van der Waals surface area (Å²) in [6, 6.07) is 5.48. The van der Waals surface area contributed by atoms with Crippen LogP contribution in [0.1, 0.15) is 28.4 Å². The standard InChI is InChI=1S/C22H25F2N5OS/c23-20(24)12-29-14-25-18-11-15(5-6-16(18)22(29)30)28-9-7-27(8-10-28)13-21-26-17-3-1-2-4-19(17)31-21/h5-6,11,14,20H,1-4,7-10,12-13H2. The van der Waals surface area contributed by atoms with Gasteiger partial charge in [0.25, 0.3) is 12.0 Å². The number of alkyl halides is 2. The molecule has 6 nitrogen and oxygen atoms in total. The second kappa shape index (κ2) is 8.63. The van der Waals surface area contributed by atoms with Gasteiger partial charge in [0.15, 0.2) is 0 Å². The highest BCUT2D eigenvalue weighted by Gasteiger charge is 2.21. The molecule has 2 aromatic heterocycles. The van der Waals surface area contributed by atoms with Gasteiger partial charge in [-0.1, -0.05) is 0 Å². The average Bonchev–Trinajstić information content (AvgIpc) is 3.18. The molecule has 1 fully saturated rings. The summed E-state index contributed by atoms with van der Waals surface area (Å²) in [7, 11) is 0. The van der Waals surface area contributed by atoms with Crippen LogP contribution in [-0.2, 0) is 25.9 Å². The number of aromatic nitrogens is 3. The lowest BCUT2D eigenvalue weighted by molar-refractivity contribution is 0.125. The molecule has 31 heavy (non-hydrogen) atoms. The largest absolute Gasteiger partial charge is 0.369 e. The number of aryl methyl sites for hydroxylation is 2. The van der Waals surface area contributed by atoms with E-state index < -0.39 is 18.5 Å². The molecule has 0 saturated carbocycles. The van der Waals surface area contributed by atoms with Gasteiger partial charge in [-0.15, -0.1) is 11.3 Å². The molecule has 0 amide bonds. The van der Waals surface area contributed by atoms with Crippen LogP contribution in [0.3, 0.4) is 0 Å². The molecule has 0 atom stereocenters. The quantitative estimate of drug-likeness (QED) is 0.603. The fourth-order valence-electron chi connectivity index (χ4n) is 4.45. The number of fused-ring (bicyclic) bond motifs is 2. The molecule has 0 spiro atoms. The number of halogens is 2. The molecule has 0 unspecified atom stereocenters. The first kappa shape index (κ1) is 20.5. The Morgan fingerprint density at radius 3 is 2.68 bits per heavy atom. The summed E-state index contributed by atoms with van der Waals surface area (Å²) in [5, 5.41) is 1.61. The third-order valence-electron chi connectivity index (χ3n) is 6.13. The molecule has 164 valence electrons. The van der Waals surface area contributed by atoms with E-state index in [0.717, 1.165) is 49.4 Å². The number of benzene rings is 1. The zero-order valence-electron chi connectivity index (χ0n) is 17.3. The fraction of sp³-hybridized carbons (Fsp3) is 0.500. The van der Waals surface area contributed by atoms with Crippen molar-refractivity contribution in [3.8, 4) is 0 Å². The van der Waals surface area contributed by atoms with E-state index in [4.69, 9.17) is 4.98 Å². The van der Waals surface area contributed by atoms with Crippen molar-refractivity contribution in [1.82, 2.24) is 19.4 Å². The van der Waals surface area contributed by atoms with Crippen LogP contribution in [0.15, 0.2) is 29.3 Å². The van der Waals surface area contributed by atoms with Crippen molar-refractivity contribution in [2.75, 3.05) is 31.1 Å². The molecule has 1 aromatic carbocycles. The van der Waals surface area contributed by atoms with Gasteiger partial charge in [-0.05, 0) is 43.9 Å². The Morgan fingerprint density at radius 2 is 1.90 bits per heavy atom. The number of nitrogens with zero attached hydrogens (tertiary/aromatic N) is 5. The SMILES string of the molecule is O=c1c2ccc(N3CCN(Cc4nc5c(s4)CCCC5)CC3)cc2ncn1CC(F)F. The third-order valence-corrected chi connectivity index (χ3v) is 7.27. The molecular weight excluding hydrogens is 420 g/mol. The minimum Gasteiger partial charge on any atom is -0.369 e.